The quantitative estimate of drug-likeness (QED) is 0.264. The van der Waals surface area contributed by atoms with Gasteiger partial charge in [0.05, 0.1) is 24.8 Å². The van der Waals surface area contributed by atoms with Crippen molar-refractivity contribution in [3.63, 3.8) is 0 Å². The van der Waals surface area contributed by atoms with Crippen LogP contribution in [-0.2, 0) is 22.7 Å². The van der Waals surface area contributed by atoms with Gasteiger partial charge in [0.1, 0.15) is 5.75 Å². The number of ether oxygens (including phenoxy) is 2. The van der Waals surface area contributed by atoms with Crippen LogP contribution in [0.5, 0.6) is 5.75 Å². The Morgan fingerprint density at radius 2 is 1.70 bits per heavy atom. The van der Waals surface area contributed by atoms with E-state index in [0.29, 0.717) is 17.7 Å². The number of carboxylic acids is 1. The molecule has 0 saturated carbocycles. The highest BCUT2D eigenvalue weighted by atomic mass is 16.5. The number of aromatic nitrogens is 1. The zero-order valence-corrected chi connectivity index (χ0v) is 21.5. The number of rotatable bonds is 10. The maximum atomic E-state index is 13.5. The van der Waals surface area contributed by atoms with Crippen molar-refractivity contribution >= 4 is 28.7 Å². The van der Waals surface area contributed by atoms with Gasteiger partial charge in [0.2, 0.25) is 0 Å². The minimum atomic E-state index is -0.978. The van der Waals surface area contributed by atoms with E-state index in [1.54, 1.807) is 7.11 Å². The number of fused-ring (bicyclic) bond motifs is 1. The van der Waals surface area contributed by atoms with Gasteiger partial charge in [0.15, 0.2) is 11.9 Å². The van der Waals surface area contributed by atoms with Gasteiger partial charge in [-0.15, -0.1) is 0 Å². The zero-order valence-electron chi connectivity index (χ0n) is 21.5. The molecule has 0 radical (unpaired) electrons. The van der Waals surface area contributed by atoms with Gasteiger partial charge in [-0.2, -0.15) is 0 Å². The number of carboxylic acid groups (broad SMARTS) is 1. The summed E-state index contributed by atoms with van der Waals surface area (Å²) in [6, 6.07) is 21.3. The normalized spacial score (nSPS) is 12.2. The molecule has 1 aromatic heterocycles. The highest BCUT2D eigenvalue weighted by Crippen LogP contribution is 2.31. The molecular formula is C31H31NO5. The molecule has 190 valence electrons. The summed E-state index contributed by atoms with van der Waals surface area (Å²) in [5, 5.41) is 9.85. The molecule has 0 unspecified atom stereocenters. The second-order valence-corrected chi connectivity index (χ2v) is 9.08. The van der Waals surface area contributed by atoms with Crippen LogP contribution in [0.1, 0.15) is 45.2 Å². The maximum absolute atomic E-state index is 13.5. The number of allylic oxidation sites excluding steroid dienone is 1. The van der Waals surface area contributed by atoms with Gasteiger partial charge in [-0.1, -0.05) is 66.2 Å². The van der Waals surface area contributed by atoms with Crippen LogP contribution in [-0.4, -0.2) is 34.6 Å². The van der Waals surface area contributed by atoms with Crippen LogP contribution in [0.15, 0.2) is 72.8 Å². The first kappa shape index (κ1) is 25.9. The SMILES string of the molecule is COc1ccc2c(C(=O)c3ccc(C)cc3)c(C)n(C/C=C/c3ccc(CO[C@H](C)C(=O)O)cc3)c2c1. The lowest BCUT2D eigenvalue weighted by Crippen LogP contribution is -2.19. The number of benzene rings is 3. The first-order valence-corrected chi connectivity index (χ1v) is 12.2. The summed E-state index contributed by atoms with van der Waals surface area (Å²) in [6.45, 7) is 6.32. The van der Waals surface area contributed by atoms with E-state index < -0.39 is 12.1 Å². The lowest BCUT2D eigenvalue weighted by molar-refractivity contribution is -0.149. The topological polar surface area (TPSA) is 77.8 Å². The van der Waals surface area contributed by atoms with Crippen LogP contribution in [0.25, 0.3) is 17.0 Å². The van der Waals surface area contributed by atoms with Crippen molar-refractivity contribution in [1.82, 2.24) is 4.57 Å². The number of ketones is 1. The molecule has 1 N–H and O–H groups in total. The first-order chi connectivity index (χ1) is 17.8. The Bertz CT molecular complexity index is 1450. The second-order valence-electron chi connectivity index (χ2n) is 9.08. The summed E-state index contributed by atoms with van der Waals surface area (Å²) in [6.07, 6.45) is 3.24. The number of carbonyl (C=O) groups excluding carboxylic acids is 1. The molecular weight excluding hydrogens is 466 g/mol. The van der Waals surface area contributed by atoms with E-state index in [0.717, 1.165) is 39.0 Å². The van der Waals surface area contributed by atoms with Crippen molar-refractivity contribution in [3.8, 4) is 5.75 Å². The standard InChI is InChI=1S/C31H31NO5/c1-20-7-13-25(14-8-20)30(33)29-21(2)32(28-18-26(36-4)15-16-27(28)29)17-5-6-23-9-11-24(12-10-23)19-37-22(3)31(34)35/h5-16,18,22H,17,19H2,1-4H3,(H,34,35)/b6-5+/t22-/m1/s1. The Balaban J connectivity index is 1.58. The van der Waals surface area contributed by atoms with Crippen molar-refractivity contribution in [1.29, 1.82) is 0 Å². The molecule has 4 aromatic rings. The van der Waals surface area contributed by atoms with Gasteiger partial charge >= 0.3 is 5.97 Å². The van der Waals surface area contributed by atoms with Crippen molar-refractivity contribution in [3.05, 3.63) is 106 Å². The molecule has 6 nitrogen and oxygen atoms in total. The number of carbonyl (C=O) groups is 2. The van der Waals surface area contributed by atoms with Gasteiger partial charge in [0, 0.05) is 29.3 Å². The van der Waals surface area contributed by atoms with E-state index in [4.69, 9.17) is 14.6 Å². The smallest absolute Gasteiger partial charge is 0.332 e. The average molecular weight is 498 g/mol. The van der Waals surface area contributed by atoms with Crippen LogP contribution in [0, 0.1) is 13.8 Å². The molecule has 0 amide bonds. The third kappa shape index (κ3) is 5.81. The van der Waals surface area contributed by atoms with Crippen LogP contribution >= 0.6 is 0 Å². The fourth-order valence-electron chi connectivity index (χ4n) is 4.27. The monoisotopic (exact) mass is 497 g/mol. The van der Waals surface area contributed by atoms with Crippen molar-refractivity contribution in [2.75, 3.05) is 7.11 Å². The second kappa shape index (κ2) is 11.3. The lowest BCUT2D eigenvalue weighted by Gasteiger charge is -2.08. The number of nitrogens with zero attached hydrogens (tertiary/aromatic N) is 1. The Morgan fingerprint density at radius 3 is 2.35 bits per heavy atom. The van der Waals surface area contributed by atoms with Gasteiger partial charge in [-0.05, 0) is 44.0 Å². The summed E-state index contributed by atoms with van der Waals surface area (Å²) < 4.78 is 12.9. The molecule has 0 aliphatic carbocycles. The van der Waals surface area contributed by atoms with E-state index in [2.05, 4.69) is 10.6 Å². The predicted octanol–water partition coefficient (Wildman–Crippen LogP) is 6.20. The average Bonchev–Trinajstić information content (AvgIpc) is 3.18. The molecule has 4 rings (SSSR count). The van der Waals surface area contributed by atoms with Crippen molar-refractivity contribution < 1.29 is 24.2 Å². The van der Waals surface area contributed by atoms with Crippen molar-refractivity contribution in [2.45, 2.75) is 40.0 Å². The minimum Gasteiger partial charge on any atom is -0.497 e. The molecule has 37 heavy (non-hydrogen) atoms. The first-order valence-electron chi connectivity index (χ1n) is 12.2. The number of hydrogen-bond acceptors (Lipinski definition) is 4. The molecule has 6 heteroatoms. The summed E-state index contributed by atoms with van der Waals surface area (Å²) in [7, 11) is 1.64. The predicted molar refractivity (Wildman–Crippen MR) is 145 cm³/mol. The van der Waals surface area contributed by atoms with Gasteiger partial charge in [-0.3, -0.25) is 4.79 Å². The highest BCUT2D eigenvalue weighted by Gasteiger charge is 2.21. The van der Waals surface area contributed by atoms with Gasteiger partial charge in [0.25, 0.3) is 0 Å². The lowest BCUT2D eigenvalue weighted by atomic mass is 9.99. The van der Waals surface area contributed by atoms with E-state index in [9.17, 15) is 9.59 Å². The molecule has 0 fully saturated rings. The van der Waals surface area contributed by atoms with E-state index >= 15 is 0 Å². The molecule has 1 heterocycles. The maximum Gasteiger partial charge on any atom is 0.332 e. The fraction of sp³-hybridized carbons (Fsp3) is 0.226. The minimum absolute atomic E-state index is 0.00502. The largest absolute Gasteiger partial charge is 0.497 e. The number of methoxy groups -OCH3 is 1. The third-order valence-corrected chi connectivity index (χ3v) is 6.50. The van der Waals surface area contributed by atoms with Crippen LogP contribution in [0.4, 0.5) is 0 Å². The zero-order chi connectivity index (χ0) is 26.5. The van der Waals surface area contributed by atoms with Crippen LogP contribution < -0.4 is 4.74 Å². The number of aliphatic carboxylic acids is 1. The highest BCUT2D eigenvalue weighted by molar-refractivity contribution is 6.17. The molecule has 3 aromatic carbocycles. The Morgan fingerprint density at radius 1 is 1.00 bits per heavy atom. The molecule has 0 bridgehead atoms. The van der Waals surface area contributed by atoms with Crippen molar-refractivity contribution in [2.24, 2.45) is 0 Å². The molecule has 0 saturated heterocycles. The molecule has 1 atom stereocenters. The Labute approximate surface area is 216 Å². The molecule has 0 aliphatic rings. The molecule has 0 spiro atoms. The van der Waals surface area contributed by atoms with E-state index in [-0.39, 0.29) is 12.4 Å². The number of aryl methyl sites for hydroxylation is 1. The van der Waals surface area contributed by atoms with Gasteiger partial charge < -0.3 is 19.1 Å². The Kier molecular flexibility index (Phi) is 7.89. The summed E-state index contributed by atoms with van der Waals surface area (Å²) in [5.74, 6) is -0.237. The third-order valence-electron chi connectivity index (χ3n) is 6.50. The van der Waals surface area contributed by atoms with Gasteiger partial charge in [-0.25, -0.2) is 4.79 Å². The van der Waals surface area contributed by atoms with E-state index in [1.165, 1.54) is 6.92 Å². The fourth-order valence-corrected chi connectivity index (χ4v) is 4.27. The summed E-state index contributed by atoms with van der Waals surface area (Å²) >= 11 is 0. The summed E-state index contributed by atoms with van der Waals surface area (Å²) in [5.41, 5.74) is 6.24. The Hall–Kier alpha value is -4.16. The summed E-state index contributed by atoms with van der Waals surface area (Å²) in [4.78, 5) is 24.4. The molecule has 0 aliphatic heterocycles. The number of hydrogen-bond donors (Lipinski definition) is 1. The van der Waals surface area contributed by atoms with Crippen LogP contribution in [0.2, 0.25) is 0 Å². The van der Waals surface area contributed by atoms with Crippen LogP contribution in [0.3, 0.4) is 0 Å². The van der Waals surface area contributed by atoms with E-state index in [1.807, 2.05) is 86.7 Å².